The first kappa shape index (κ1) is 20.7. The predicted octanol–water partition coefficient (Wildman–Crippen LogP) is 1.35. The highest BCUT2D eigenvalue weighted by Gasteiger charge is 2.33. The molecule has 154 valence electrons. The number of nitrogens with one attached hydrogen (secondary N) is 1. The van der Waals surface area contributed by atoms with Crippen molar-refractivity contribution >= 4 is 21.8 Å². The first-order valence-electron chi connectivity index (χ1n) is 9.64. The third kappa shape index (κ3) is 4.52. The van der Waals surface area contributed by atoms with Gasteiger partial charge in [-0.1, -0.05) is 0 Å². The number of halogens is 1. The van der Waals surface area contributed by atoms with Crippen LogP contribution >= 0.6 is 0 Å². The number of amides is 2. The number of rotatable bonds is 5. The van der Waals surface area contributed by atoms with Crippen LogP contribution in [0.1, 0.15) is 32.6 Å². The number of hydrogen-bond acceptors (Lipinski definition) is 4. The first-order chi connectivity index (χ1) is 13.3. The molecular formula is C19H26FN3O4S. The fourth-order valence-corrected chi connectivity index (χ4v) is 5.19. The minimum atomic E-state index is -3.70. The van der Waals surface area contributed by atoms with Crippen molar-refractivity contribution in [1.82, 2.24) is 14.5 Å². The lowest BCUT2D eigenvalue weighted by Crippen LogP contribution is -2.49. The summed E-state index contributed by atoms with van der Waals surface area (Å²) in [4.78, 5) is 26.6. The molecule has 0 aromatic heterocycles. The Hall–Kier alpha value is -2.00. The summed E-state index contributed by atoms with van der Waals surface area (Å²) in [6.45, 7) is 3.59. The highest BCUT2D eigenvalue weighted by Crippen LogP contribution is 2.24. The van der Waals surface area contributed by atoms with Crippen molar-refractivity contribution in [3.05, 3.63) is 30.1 Å². The number of piperidine rings is 1. The largest absolute Gasteiger partial charge is 0.344 e. The molecule has 0 aliphatic carbocycles. The van der Waals surface area contributed by atoms with E-state index in [1.54, 1.807) is 11.8 Å². The number of hydrogen-bond donors (Lipinski definition) is 1. The van der Waals surface area contributed by atoms with Crippen LogP contribution in [0.25, 0.3) is 0 Å². The molecule has 0 spiro atoms. The highest BCUT2D eigenvalue weighted by atomic mass is 32.2. The van der Waals surface area contributed by atoms with Crippen LogP contribution in [0, 0.1) is 11.7 Å². The average Bonchev–Trinajstić information content (AvgIpc) is 3.22. The summed E-state index contributed by atoms with van der Waals surface area (Å²) < 4.78 is 39.6. The summed E-state index contributed by atoms with van der Waals surface area (Å²) in [6, 6.07) is 4.15. The Morgan fingerprint density at radius 2 is 1.64 bits per heavy atom. The standard InChI is InChI=1S/C19H26FN3O4S/c1-14(19(25)22-10-2-3-11-22)21-18(24)15-8-12-23(13-9-15)28(26,27)17-6-4-16(20)5-7-17/h4-7,14-15H,2-3,8-13H2,1H3,(H,21,24). The highest BCUT2D eigenvalue weighted by molar-refractivity contribution is 7.89. The average molecular weight is 411 g/mol. The molecule has 0 radical (unpaired) electrons. The monoisotopic (exact) mass is 411 g/mol. The third-order valence-electron chi connectivity index (χ3n) is 5.42. The molecule has 0 saturated carbocycles. The molecule has 1 atom stereocenters. The zero-order valence-corrected chi connectivity index (χ0v) is 16.8. The predicted molar refractivity (Wildman–Crippen MR) is 101 cm³/mol. The van der Waals surface area contributed by atoms with Crippen molar-refractivity contribution in [2.75, 3.05) is 26.2 Å². The summed E-state index contributed by atoms with van der Waals surface area (Å²) in [5.41, 5.74) is 0. The van der Waals surface area contributed by atoms with Crippen LogP contribution in [0.4, 0.5) is 4.39 Å². The van der Waals surface area contributed by atoms with E-state index in [0.29, 0.717) is 12.8 Å². The molecule has 0 bridgehead atoms. The molecule has 1 N–H and O–H groups in total. The Morgan fingerprint density at radius 3 is 2.21 bits per heavy atom. The quantitative estimate of drug-likeness (QED) is 0.793. The Labute approximate surface area is 164 Å². The SMILES string of the molecule is CC(NC(=O)C1CCN(S(=O)(=O)c2ccc(F)cc2)CC1)C(=O)N1CCCC1. The van der Waals surface area contributed by atoms with Gasteiger partial charge in [-0.2, -0.15) is 4.31 Å². The van der Waals surface area contributed by atoms with Gasteiger partial charge in [-0.25, -0.2) is 12.8 Å². The molecule has 7 nitrogen and oxygen atoms in total. The van der Waals surface area contributed by atoms with Gasteiger partial charge in [0.1, 0.15) is 11.9 Å². The van der Waals surface area contributed by atoms with Crippen LogP contribution in [0.15, 0.2) is 29.2 Å². The summed E-state index contributed by atoms with van der Waals surface area (Å²) in [5, 5.41) is 2.78. The first-order valence-corrected chi connectivity index (χ1v) is 11.1. The Bertz CT molecular complexity index is 814. The van der Waals surface area contributed by atoms with Gasteiger partial charge in [0.25, 0.3) is 0 Å². The van der Waals surface area contributed by atoms with E-state index in [1.165, 1.54) is 16.4 Å². The fraction of sp³-hybridized carbons (Fsp3) is 0.579. The number of carbonyl (C=O) groups excluding carboxylic acids is 2. The molecule has 28 heavy (non-hydrogen) atoms. The van der Waals surface area contributed by atoms with Crippen LogP contribution in [-0.4, -0.2) is 61.7 Å². The van der Waals surface area contributed by atoms with Crippen LogP contribution < -0.4 is 5.32 Å². The summed E-state index contributed by atoms with van der Waals surface area (Å²) in [5.74, 6) is -1.10. The van der Waals surface area contributed by atoms with Gasteiger partial charge in [0.15, 0.2) is 0 Å². The minimum absolute atomic E-state index is 0.0432. The van der Waals surface area contributed by atoms with E-state index in [9.17, 15) is 22.4 Å². The molecule has 1 aromatic carbocycles. The normalized spacial score (nSPS) is 20.1. The molecule has 2 saturated heterocycles. The lowest BCUT2D eigenvalue weighted by Gasteiger charge is -2.31. The molecular weight excluding hydrogens is 385 g/mol. The maximum absolute atomic E-state index is 13.0. The van der Waals surface area contributed by atoms with Gasteiger partial charge in [0.05, 0.1) is 4.90 Å². The van der Waals surface area contributed by atoms with Gasteiger partial charge in [-0.3, -0.25) is 9.59 Å². The second-order valence-electron chi connectivity index (χ2n) is 7.39. The van der Waals surface area contributed by atoms with Crippen molar-refractivity contribution in [1.29, 1.82) is 0 Å². The van der Waals surface area contributed by atoms with Crippen molar-refractivity contribution in [2.24, 2.45) is 5.92 Å². The van der Waals surface area contributed by atoms with Gasteiger partial charge >= 0.3 is 0 Å². The van der Waals surface area contributed by atoms with Crippen molar-refractivity contribution in [3.8, 4) is 0 Å². The number of nitrogens with zero attached hydrogens (tertiary/aromatic N) is 2. The van der Waals surface area contributed by atoms with E-state index in [-0.39, 0.29) is 35.7 Å². The topological polar surface area (TPSA) is 86.8 Å². The minimum Gasteiger partial charge on any atom is -0.344 e. The number of likely N-dealkylation sites (tertiary alicyclic amines) is 1. The smallest absolute Gasteiger partial charge is 0.244 e. The Morgan fingerprint density at radius 1 is 1.07 bits per heavy atom. The lowest BCUT2D eigenvalue weighted by molar-refractivity contribution is -0.136. The molecule has 2 aliphatic rings. The van der Waals surface area contributed by atoms with Gasteiger partial charge in [0.2, 0.25) is 21.8 Å². The van der Waals surface area contributed by atoms with E-state index >= 15 is 0 Å². The number of carbonyl (C=O) groups is 2. The zero-order chi connectivity index (χ0) is 20.3. The molecule has 1 aromatic rings. The maximum atomic E-state index is 13.0. The van der Waals surface area contributed by atoms with E-state index in [1.807, 2.05) is 0 Å². The van der Waals surface area contributed by atoms with Crippen LogP contribution in [0.5, 0.6) is 0 Å². The van der Waals surface area contributed by atoms with E-state index < -0.39 is 21.9 Å². The van der Waals surface area contributed by atoms with Crippen molar-refractivity contribution in [3.63, 3.8) is 0 Å². The molecule has 2 aliphatic heterocycles. The lowest BCUT2D eigenvalue weighted by atomic mass is 9.97. The zero-order valence-electron chi connectivity index (χ0n) is 15.9. The fourth-order valence-electron chi connectivity index (χ4n) is 3.72. The Kier molecular flexibility index (Phi) is 6.34. The molecule has 1 unspecified atom stereocenters. The number of sulfonamides is 1. The summed E-state index contributed by atoms with van der Waals surface area (Å²) in [6.07, 6.45) is 2.76. The number of benzene rings is 1. The van der Waals surface area contributed by atoms with Crippen LogP contribution in [0.3, 0.4) is 0 Å². The van der Waals surface area contributed by atoms with Crippen molar-refractivity contribution < 1.29 is 22.4 Å². The summed E-state index contributed by atoms with van der Waals surface area (Å²) in [7, 11) is -3.70. The van der Waals surface area contributed by atoms with E-state index in [2.05, 4.69) is 5.32 Å². The van der Waals surface area contributed by atoms with Gasteiger partial charge in [0, 0.05) is 32.1 Å². The van der Waals surface area contributed by atoms with E-state index in [0.717, 1.165) is 38.1 Å². The van der Waals surface area contributed by atoms with Crippen LogP contribution in [0.2, 0.25) is 0 Å². The van der Waals surface area contributed by atoms with Gasteiger partial charge in [-0.05, 0) is 56.9 Å². The Balaban J connectivity index is 1.53. The second kappa shape index (κ2) is 8.57. The molecule has 2 amide bonds. The van der Waals surface area contributed by atoms with Crippen molar-refractivity contribution in [2.45, 2.75) is 43.5 Å². The molecule has 2 fully saturated rings. The third-order valence-corrected chi connectivity index (χ3v) is 7.34. The van der Waals surface area contributed by atoms with Crippen LogP contribution in [-0.2, 0) is 19.6 Å². The molecule has 9 heteroatoms. The summed E-state index contributed by atoms with van der Waals surface area (Å²) >= 11 is 0. The molecule has 2 heterocycles. The maximum Gasteiger partial charge on any atom is 0.244 e. The molecule has 3 rings (SSSR count). The second-order valence-corrected chi connectivity index (χ2v) is 9.33. The van der Waals surface area contributed by atoms with Gasteiger partial charge in [-0.15, -0.1) is 0 Å². The van der Waals surface area contributed by atoms with Gasteiger partial charge < -0.3 is 10.2 Å². The van der Waals surface area contributed by atoms with E-state index in [4.69, 9.17) is 0 Å².